The van der Waals surface area contributed by atoms with Crippen LogP contribution in [0, 0.1) is 17.2 Å². The van der Waals surface area contributed by atoms with Gasteiger partial charge in [0.1, 0.15) is 43.1 Å². The van der Waals surface area contributed by atoms with Gasteiger partial charge in [0.25, 0.3) is 0 Å². The molecular formula is C40H58N9O6+. The highest BCUT2D eigenvalue weighted by Crippen LogP contribution is 2.27. The largest absolute Gasteiger partial charge is 0.384 e. The molecule has 0 spiro atoms. The van der Waals surface area contributed by atoms with Gasteiger partial charge < -0.3 is 37.6 Å². The molecule has 1 aromatic carbocycles. The lowest BCUT2D eigenvalue weighted by Crippen LogP contribution is -2.61. The number of aromatic nitrogens is 1. The van der Waals surface area contributed by atoms with Crippen LogP contribution in [0.25, 0.3) is 0 Å². The van der Waals surface area contributed by atoms with E-state index in [1.807, 2.05) is 50.0 Å². The Bertz CT molecular complexity index is 1710. The van der Waals surface area contributed by atoms with Gasteiger partial charge in [0.15, 0.2) is 12.4 Å². The maximum Gasteiger partial charge on any atom is 0.245 e. The van der Waals surface area contributed by atoms with Gasteiger partial charge in [0.05, 0.1) is 0 Å². The van der Waals surface area contributed by atoms with Crippen LogP contribution in [0.4, 0.5) is 0 Å². The molecule has 15 heteroatoms. The van der Waals surface area contributed by atoms with Crippen molar-refractivity contribution < 1.29 is 33.3 Å². The van der Waals surface area contributed by atoms with Gasteiger partial charge in [-0.05, 0) is 55.6 Å². The number of primary amides is 1. The summed E-state index contributed by atoms with van der Waals surface area (Å²) in [5.74, 6) is -3.39. The predicted octanol–water partition coefficient (Wildman–Crippen LogP) is 0.642. The molecule has 55 heavy (non-hydrogen) atoms. The summed E-state index contributed by atoms with van der Waals surface area (Å²) in [6.45, 7) is 5.52. The summed E-state index contributed by atoms with van der Waals surface area (Å²) >= 11 is 0. The molecule has 2 aliphatic rings. The van der Waals surface area contributed by atoms with E-state index in [-0.39, 0.29) is 30.5 Å². The molecule has 0 radical (unpaired) electrons. The molecule has 2 heterocycles. The number of nitrogens with one attached hydrogen (secondary N) is 5. The summed E-state index contributed by atoms with van der Waals surface area (Å²) in [4.78, 5) is 82.4. The third-order valence-corrected chi connectivity index (χ3v) is 10.4. The van der Waals surface area contributed by atoms with Crippen LogP contribution < -0.4 is 37.3 Å². The van der Waals surface area contributed by atoms with E-state index in [1.165, 1.54) is 11.8 Å². The molecule has 5 atom stereocenters. The number of nitrogens with two attached hydrogens (primary N) is 2. The van der Waals surface area contributed by atoms with E-state index in [4.69, 9.17) is 16.9 Å². The van der Waals surface area contributed by atoms with Gasteiger partial charge in [-0.2, -0.15) is 0 Å². The summed E-state index contributed by atoms with van der Waals surface area (Å²) in [7, 11) is 1.84. The molecule has 2 fully saturated rings. The average Bonchev–Trinajstić information content (AvgIpc) is 3.63. The molecule has 1 aliphatic carbocycles. The lowest BCUT2D eigenvalue weighted by Gasteiger charge is -2.33. The number of hydrogen-bond donors (Lipinski definition) is 7. The SMILES string of the molecule is CC(=O)NC(Cc1ccc(C(=N)N)cc1)C(=O)NC(C(=O)NC(Cc1ccc[n+](C)c1)C(=O)NC(CC(C)C)C(=O)N1CCCC1C(N)=O)C1CCCCC1. The van der Waals surface area contributed by atoms with Crippen molar-refractivity contribution in [3.63, 3.8) is 0 Å². The number of carbonyl (C=O) groups is 6. The topological polar surface area (TPSA) is 234 Å². The van der Waals surface area contributed by atoms with Crippen molar-refractivity contribution in [1.82, 2.24) is 26.2 Å². The van der Waals surface area contributed by atoms with E-state index in [2.05, 4.69) is 21.3 Å². The van der Waals surface area contributed by atoms with Crippen molar-refractivity contribution in [2.24, 2.45) is 30.4 Å². The van der Waals surface area contributed by atoms with Crippen LogP contribution >= 0.6 is 0 Å². The molecule has 6 amide bonds. The first-order valence-corrected chi connectivity index (χ1v) is 19.3. The monoisotopic (exact) mass is 760 g/mol. The molecule has 15 nitrogen and oxygen atoms in total. The number of benzene rings is 1. The minimum atomic E-state index is -1.13. The zero-order valence-corrected chi connectivity index (χ0v) is 32.4. The second-order valence-corrected chi connectivity index (χ2v) is 15.4. The first-order valence-electron chi connectivity index (χ1n) is 19.3. The van der Waals surface area contributed by atoms with Gasteiger partial charge >= 0.3 is 0 Å². The lowest BCUT2D eigenvalue weighted by atomic mass is 9.83. The van der Waals surface area contributed by atoms with Crippen LogP contribution in [-0.2, 0) is 48.7 Å². The van der Waals surface area contributed by atoms with Crippen LogP contribution in [0.5, 0.6) is 0 Å². The number of likely N-dealkylation sites (tertiary alicyclic amines) is 1. The van der Waals surface area contributed by atoms with Crippen LogP contribution in [0.15, 0.2) is 48.8 Å². The van der Waals surface area contributed by atoms with Crippen molar-refractivity contribution in [3.05, 3.63) is 65.5 Å². The Balaban J connectivity index is 1.61. The van der Waals surface area contributed by atoms with Crippen molar-refractivity contribution in [3.8, 4) is 0 Å². The van der Waals surface area contributed by atoms with E-state index in [9.17, 15) is 28.8 Å². The summed E-state index contributed by atoms with van der Waals surface area (Å²) in [6, 6.07) is 5.58. The number of aryl methyl sites for hydroxylation is 1. The highest BCUT2D eigenvalue weighted by molar-refractivity contribution is 5.97. The molecule has 5 unspecified atom stereocenters. The van der Waals surface area contributed by atoms with Gasteiger partial charge in [-0.15, -0.1) is 0 Å². The zero-order valence-electron chi connectivity index (χ0n) is 32.4. The average molecular weight is 761 g/mol. The number of amidine groups is 1. The summed E-state index contributed by atoms with van der Waals surface area (Å²) < 4.78 is 1.83. The maximum atomic E-state index is 14.4. The Hall–Kier alpha value is -5.34. The van der Waals surface area contributed by atoms with Gasteiger partial charge in [0, 0.05) is 43.5 Å². The van der Waals surface area contributed by atoms with Crippen molar-refractivity contribution >= 4 is 41.3 Å². The fourth-order valence-electron chi connectivity index (χ4n) is 7.60. The third-order valence-electron chi connectivity index (χ3n) is 10.4. The molecule has 1 saturated heterocycles. The second kappa shape index (κ2) is 19.8. The fraction of sp³-hybridized carbons (Fsp3) is 0.550. The highest BCUT2D eigenvalue weighted by Gasteiger charge is 2.39. The molecule has 298 valence electrons. The standard InChI is InChI=1S/C40H57N9O6/c1-24(2)20-32(40(55)49-19-9-13-33(49)36(43)51)46-37(52)31(22-27-10-8-18-48(4)23-27)45-39(54)34(28-11-6-5-7-12-28)47-38(53)30(44-25(3)50)21-26-14-16-29(17-15-26)35(41)42/h8,10,14-18,23-24,28,30-34H,5-7,9,11-13,19-22H2,1-4H3,(H8-,41,42,43,44,45,46,47,50,51,52,53,54)/p+1. The van der Waals surface area contributed by atoms with Crippen molar-refractivity contribution in [2.75, 3.05) is 6.54 Å². The number of nitrogens with zero attached hydrogens (tertiary/aromatic N) is 2. The molecule has 4 rings (SSSR count). The van der Waals surface area contributed by atoms with Crippen LogP contribution in [0.3, 0.4) is 0 Å². The summed E-state index contributed by atoms with van der Waals surface area (Å²) in [5, 5.41) is 19.1. The van der Waals surface area contributed by atoms with Crippen molar-refractivity contribution in [2.45, 2.75) is 115 Å². The van der Waals surface area contributed by atoms with Gasteiger partial charge in [-0.1, -0.05) is 57.4 Å². The quantitative estimate of drug-likeness (QED) is 0.0690. The smallest absolute Gasteiger partial charge is 0.245 e. The Labute approximate surface area is 323 Å². The second-order valence-electron chi connectivity index (χ2n) is 15.4. The van der Waals surface area contributed by atoms with E-state index in [0.29, 0.717) is 49.8 Å². The summed E-state index contributed by atoms with van der Waals surface area (Å²) in [5.41, 5.74) is 13.2. The Morgan fingerprint density at radius 1 is 0.800 bits per heavy atom. The number of hydrogen-bond acceptors (Lipinski definition) is 7. The van der Waals surface area contributed by atoms with E-state index in [0.717, 1.165) is 24.8 Å². The first kappa shape index (κ1) is 42.4. The van der Waals surface area contributed by atoms with Crippen LogP contribution in [-0.4, -0.2) is 82.9 Å². The molecule has 1 saturated carbocycles. The number of pyridine rings is 1. The summed E-state index contributed by atoms with van der Waals surface area (Å²) in [6.07, 6.45) is 9.38. The lowest BCUT2D eigenvalue weighted by molar-refractivity contribution is -0.671. The number of carbonyl (C=O) groups excluding carboxylic acids is 6. The molecule has 1 aromatic heterocycles. The molecule has 2 aromatic rings. The van der Waals surface area contributed by atoms with E-state index in [1.54, 1.807) is 24.3 Å². The Morgan fingerprint density at radius 3 is 2.02 bits per heavy atom. The van der Waals surface area contributed by atoms with Gasteiger partial charge in [0.2, 0.25) is 35.4 Å². The van der Waals surface area contributed by atoms with Crippen molar-refractivity contribution in [1.29, 1.82) is 5.41 Å². The minimum absolute atomic E-state index is 0.0135. The third kappa shape index (κ3) is 12.3. The molecule has 1 aliphatic heterocycles. The number of nitrogen functional groups attached to an aromatic ring is 1. The zero-order chi connectivity index (χ0) is 40.2. The van der Waals surface area contributed by atoms with Crippen LogP contribution in [0.1, 0.15) is 88.8 Å². The first-order chi connectivity index (χ1) is 26.1. The number of rotatable bonds is 17. The van der Waals surface area contributed by atoms with E-state index >= 15 is 0 Å². The Morgan fingerprint density at radius 2 is 1.42 bits per heavy atom. The Kier molecular flexibility index (Phi) is 15.3. The number of amides is 6. The molecule has 0 bridgehead atoms. The minimum Gasteiger partial charge on any atom is -0.384 e. The van der Waals surface area contributed by atoms with Gasteiger partial charge in [-0.25, -0.2) is 4.57 Å². The van der Waals surface area contributed by atoms with Gasteiger partial charge in [-0.3, -0.25) is 34.2 Å². The highest BCUT2D eigenvalue weighted by atomic mass is 16.2. The fourth-order valence-corrected chi connectivity index (χ4v) is 7.60. The predicted molar refractivity (Wildman–Crippen MR) is 206 cm³/mol. The van der Waals surface area contributed by atoms with E-state index < -0.39 is 65.7 Å². The maximum absolute atomic E-state index is 14.4. The normalized spacial score (nSPS) is 18.1. The van der Waals surface area contributed by atoms with Crippen LogP contribution in [0.2, 0.25) is 0 Å². The molecule has 9 N–H and O–H groups in total. The molecular weight excluding hydrogens is 702 g/mol.